The number of carbonyl (C=O) groups is 2. The van der Waals surface area contributed by atoms with E-state index in [0.717, 1.165) is 21.9 Å². The highest BCUT2D eigenvalue weighted by Gasteiger charge is 2.32. The van der Waals surface area contributed by atoms with Crippen LogP contribution in [-0.2, 0) is 26.2 Å². The Hall–Kier alpha value is -3.36. The number of nitrogens with one attached hydrogen (secondary N) is 1. The van der Waals surface area contributed by atoms with Crippen molar-refractivity contribution in [2.24, 2.45) is 0 Å². The lowest BCUT2D eigenvalue weighted by atomic mass is 10.1. The molecule has 0 bridgehead atoms. The van der Waals surface area contributed by atoms with E-state index in [1.54, 1.807) is 37.3 Å². The van der Waals surface area contributed by atoms with Crippen LogP contribution in [0.25, 0.3) is 0 Å². The summed E-state index contributed by atoms with van der Waals surface area (Å²) >= 11 is 5.97. The zero-order chi connectivity index (χ0) is 27.9. The van der Waals surface area contributed by atoms with Gasteiger partial charge in [-0.15, -0.1) is 0 Å². The van der Waals surface area contributed by atoms with Crippen LogP contribution in [0, 0.1) is 6.92 Å². The van der Waals surface area contributed by atoms with E-state index in [-0.39, 0.29) is 23.4 Å². The fraction of sp³-hybridized carbons (Fsp3) is 0.310. The number of sulfonamides is 1. The number of amides is 2. The summed E-state index contributed by atoms with van der Waals surface area (Å²) in [5.74, 6) is -0.801. The zero-order valence-electron chi connectivity index (χ0n) is 22.1. The molecule has 0 aliphatic heterocycles. The van der Waals surface area contributed by atoms with Crippen molar-refractivity contribution in [2.45, 2.75) is 57.6 Å². The summed E-state index contributed by atoms with van der Waals surface area (Å²) in [6, 6.07) is 21.0. The number of para-hydroxylation sites is 1. The first-order chi connectivity index (χ1) is 18.0. The highest BCUT2D eigenvalue weighted by molar-refractivity contribution is 7.92. The summed E-state index contributed by atoms with van der Waals surface area (Å²) in [5, 5.41) is 3.33. The predicted molar refractivity (Wildman–Crippen MR) is 152 cm³/mol. The molecule has 0 unspecified atom stereocenters. The van der Waals surface area contributed by atoms with Crippen LogP contribution in [0.5, 0.6) is 0 Å². The molecule has 3 aromatic carbocycles. The topological polar surface area (TPSA) is 86.8 Å². The minimum atomic E-state index is -4.12. The van der Waals surface area contributed by atoms with Crippen molar-refractivity contribution in [2.75, 3.05) is 10.8 Å². The molecule has 0 saturated heterocycles. The molecule has 2 amide bonds. The molecule has 1 N–H and O–H groups in total. The largest absolute Gasteiger partial charge is 0.352 e. The van der Waals surface area contributed by atoms with Crippen molar-refractivity contribution >= 4 is 39.1 Å². The third kappa shape index (κ3) is 7.36. The first-order valence-corrected chi connectivity index (χ1v) is 14.3. The van der Waals surface area contributed by atoms with E-state index in [1.165, 1.54) is 29.2 Å². The van der Waals surface area contributed by atoms with Crippen LogP contribution in [0.1, 0.15) is 38.3 Å². The van der Waals surface area contributed by atoms with Gasteiger partial charge in [0.1, 0.15) is 12.6 Å². The standard InChI is InChI=1S/C29H34ClN3O4S/c1-5-22(3)31-29(35)23(4)32(19-24-13-11-21(2)12-14-24)28(34)20-33(26-9-7-6-8-10-26)38(36,37)27-17-15-25(30)16-18-27/h6-18,22-23H,5,19-20H2,1-4H3,(H,31,35)/t22-,23+/m0/s1. The Kier molecular flexibility index (Phi) is 9.94. The van der Waals surface area contributed by atoms with Crippen molar-refractivity contribution in [1.82, 2.24) is 10.2 Å². The van der Waals surface area contributed by atoms with Crippen LogP contribution >= 0.6 is 11.6 Å². The van der Waals surface area contributed by atoms with E-state index in [2.05, 4.69) is 5.32 Å². The molecule has 38 heavy (non-hydrogen) atoms. The summed E-state index contributed by atoms with van der Waals surface area (Å²) in [6.45, 7) is 7.15. The predicted octanol–water partition coefficient (Wildman–Crippen LogP) is 5.18. The maximum atomic E-state index is 13.9. The fourth-order valence-electron chi connectivity index (χ4n) is 3.80. The molecule has 0 radical (unpaired) electrons. The number of halogens is 1. The number of benzene rings is 3. The Morgan fingerprint density at radius 2 is 1.53 bits per heavy atom. The van der Waals surface area contributed by atoms with Gasteiger partial charge in [-0.1, -0.05) is 66.6 Å². The Bertz CT molecular complexity index is 1330. The molecule has 3 rings (SSSR count). The zero-order valence-corrected chi connectivity index (χ0v) is 23.7. The van der Waals surface area contributed by atoms with Gasteiger partial charge in [-0.05, 0) is 69.2 Å². The van der Waals surface area contributed by atoms with Gasteiger partial charge in [-0.3, -0.25) is 13.9 Å². The van der Waals surface area contributed by atoms with Crippen LogP contribution in [0.3, 0.4) is 0 Å². The van der Waals surface area contributed by atoms with Gasteiger partial charge in [-0.2, -0.15) is 0 Å². The quantitative estimate of drug-likeness (QED) is 0.353. The van der Waals surface area contributed by atoms with Gasteiger partial charge in [0.15, 0.2) is 0 Å². The van der Waals surface area contributed by atoms with Gasteiger partial charge >= 0.3 is 0 Å². The van der Waals surface area contributed by atoms with E-state index in [4.69, 9.17) is 11.6 Å². The molecule has 0 aliphatic carbocycles. The molecule has 0 heterocycles. The van der Waals surface area contributed by atoms with Crippen molar-refractivity contribution in [3.63, 3.8) is 0 Å². The first-order valence-electron chi connectivity index (χ1n) is 12.5. The molecule has 0 saturated carbocycles. The average Bonchev–Trinajstić information content (AvgIpc) is 2.91. The molecule has 0 fully saturated rings. The van der Waals surface area contributed by atoms with E-state index in [1.807, 2.05) is 45.0 Å². The van der Waals surface area contributed by atoms with E-state index >= 15 is 0 Å². The first kappa shape index (κ1) is 29.2. The van der Waals surface area contributed by atoms with Gasteiger partial charge in [0.25, 0.3) is 10.0 Å². The molecule has 2 atom stereocenters. The third-order valence-corrected chi connectivity index (χ3v) is 8.41. The van der Waals surface area contributed by atoms with Crippen LogP contribution < -0.4 is 9.62 Å². The SMILES string of the molecule is CC[C@H](C)NC(=O)[C@@H](C)N(Cc1ccc(C)cc1)C(=O)CN(c1ccccc1)S(=O)(=O)c1ccc(Cl)cc1. The van der Waals surface area contributed by atoms with Crippen molar-refractivity contribution in [1.29, 1.82) is 0 Å². The monoisotopic (exact) mass is 555 g/mol. The average molecular weight is 556 g/mol. The molecule has 0 aliphatic rings. The van der Waals surface area contributed by atoms with Gasteiger partial charge < -0.3 is 10.2 Å². The number of aryl methyl sites for hydroxylation is 1. The Balaban J connectivity index is 1.99. The van der Waals surface area contributed by atoms with Gasteiger partial charge in [0, 0.05) is 17.6 Å². The van der Waals surface area contributed by atoms with Crippen LogP contribution in [-0.4, -0.2) is 43.8 Å². The minimum Gasteiger partial charge on any atom is -0.352 e. The third-order valence-electron chi connectivity index (χ3n) is 6.37. The molecule has 7 nitrogen and oxygen atoms in total. The summed E-state index contributed by atoms with van der Waals surface area (Å²) in [7, 11) is -4.12. The lowest BCUT2D eigenvalue weighted by Crippen LogP contribution is -2.52. The number of rotatable bonds is 11. The second-order valence-corrected chi connectivity index (χ2v) is 11.6. The molecular weight excluding hydrogens is 522 g/mol. The number of hydrogen-bond donors (Lipinski definition) is 1. The smallest absolute Gasteiger partial charge is 0.264 e. The Morgan fingerprint density at radius 3 is 2.11 bits per heavy atom. The van der Waals surface area contributed by atoms with Crippen LogP contribution in [0.4, 0.5) is 5.69 Å². The minimum absolute atomic E-state index is 0.00574. The highest BCUT2D eigenvalue weighted by atomic mass is 35.5. The second kappa shape index (κ2) is 12.9. The molecule has 0 aromatic heterocycles. The van der Waals surface area contributed by atoms with Crippen LogP contribution in [0.2, 0.25) is 5.02 Å². The Morgan fingerprint density at radius 1 is 0.921 bits per heavy atom. The number of carbonyl (C=O) groups excluding carboxylic acids is 2. The summed E-state index contributed by atoms with van der Waals surface area (Å²) in [4.78, 5) is 28.3. The second-order valence-electron chi connectivity index (χ2n) is 9.30. The summed E-state index contributed by atoms with van der Waals surface area (Å²) in [5.41, 5.74) is 2.24. The van der Waals surface area contributed by atoms with Gasteiger partial charge in [-0.25, -0.2) is 8.42 Å². The van der Waals surface area contributed by atoms with Gasteiger partial charge in [0.2, 0.25) is 11.8 Å². The lowest BCUT2D eigenvalue weighted by Gasteiger charge is -2.32. The number of hydrogen-bond acceptors (Lipinski definition) is 4. The Labute approximate surface area is 230 Å². The molecule has 9 heteroatoms. The van der Waals surface area contributed by atoms with E-state index in [9.17, 15) is 18.0 Å². The van der Waals surface area contributed by atoms with Crippen LogP contribution in [0.15, 0.2) is 83.8 Å². The van der Waals surface area contributed by atoms with Crippen molar-refractivity contribution in [3.8, 4) is 0 Å². The number of nitrogens with zero attached hydrogens (tertiary/aromatic N) is 2. The molecule has 202 valence electrons. The summed E-state index contributed by atoms with van der Waals surface area (Å²) in [6.07, 6.45) is 0.742. The van der Waals surface area contributed by atoms with Crippen molar-refractivity contribution < 1.29 is 18.0 Å². The maximum Gasteiger partial charge on any atom is 0.264 e. The molecular formula is C29H34ClN3O4S. The van der Waals surface area contributed by atoms with Gasteiger partial charge in [0.05, 0.1) is 10.6 Å². The molecule has 3 aromatic rings. The summed E-state index contributed by atoms with van der Waals surface area (Å²) < 4.78 is 28.5. The van der Waals surface area contributed by atoms with E-state index in [0.29, 0.717) is 10.7 Å². The fourth-order valence-corrected chi connectivity index (χ4v) is 5.34. The normalized spacial score (nSPS) is 12.9. The highest BCUT2D eigenvalue weighted by Crippen LogP contribution is 2.25. The molecule has 0 spiro atoms. The number of anilines is 1. The maximum absolute atomic E-state index is 13.9. The lowest BCUT2D eigenvalue weighted by molar-refractivity contribution is -0.139. The van der Waals surface area contributed by atoms with E-state index < -0.39 is 28.5 Å². The van der Waals surface area contributed by atoms with Crippen molar-refractivity contribution in [3.05, 3.63) is 95.0 Å².